The van der Waals surface area contributed by atoms with Crippen molar-refractivity contribution in [1.82, 2.24) is 15.0 Å². The lowest BCUT2D eigenvalue weighted by molar-refractivity contribution is 0.778. The number of hydrogen-bond acceptors (Lipinski definition) is 4. The average molecular weight is 291 g/mol. The lowest BCUT2D eigenvalue weighted by Gasteiger charge is -2.24. The quantitative estimate of drug-likeness (QED) is 0.809. The van der Waals surface area contributed by atoms with Crippen LogP contribution in [0.4, 0.5) is 5.82 Å². The van der Waals surface area contributed by atoms with Crippen LogP contribution in [0.1, 0.15) is 29.7 Å². The van der Waals surface area contributed by atoms with Crippen molar-refractivity contribution < 1.29 is 0 Å². The lowest BCUT2D eigenvalue weighted by atomic mass is 10.2. The maximum atomic E-state index is 6.15. The van der Waals surface area contributed by atoms with Crippen molar-refractivity contribution >= 4 is 17.4 Å². The van der Waals surface area contributed by atoms with E-state index < -0.39 is 0 Å². The Labute approximate surface area is 124 Å². The molecule has 0 atom stereocenters. The monoisotopic (exact) mass is 290 g/mol. The maximum absolute atomic E-state index is 6.15. The lowest BCUT2D eigenvalue weighted by Crippen LogP contribution is -2.25. The van der Waals surface area contributed by atoms with Crippen LogP contribution in [0.25, 0.3) is 0 Å². The Morgan fingerprint density at radius 2 is 1.85 bits per heavy atom. The number of halogens is 1. The zero-order chi connectivity index (χ0) is 14.7. The van der Waals surface area contributed by atoms with Gasteiger partial charge in [-0.05, 0) is 39.8 Å². The highest BCUT2D eigenvalue weighted by Crippen LogP contribution is 2.24. The summed E-state index contributed by atoms with van der Waals surface area (Å²) in [6.07, 6.45) is 0. The fraction of sp³-hybridized carbons (Fsp3) is 0.400. The minimum absolute atomic E-state index is 0.517. The van der Waals surface area contributed by atoms with Crippen LogP contribution in [0.15, 0.2) is 18.2 Å². The Kier molecular flexibility index (Phi) is 4.55. The summed E-state index contributed by atoms with van der Waals surface area (Å²) >= 11 is 6.15. The molecule has 0 saturated heterocycles. The molecular formula is C15H19ClN4. The molecule has 0 amide bonds. The molecule has 5 heteroatoms. The van der Waals surface area contributed by atoms with Crippen LogP contribution in [-0.4, -0.2) is 21.5 Å². The molecule has 0 spiro atoms. The van der Waals surface area contributed by atoms with Gasteiger partial charge in [-0.25, -0.2) is 9.97 Å². The summed E-state index contributed by atoms with van der Waals surface area (Å²) in [5.41, 5.74) is 2.96. The van der Waals surface area contributed by atoms with E-state index in [0.717, 1.165) is 29.3 Å². The number of nitrogens with zero attached hydrogens (tertiary/aromatic N) is 4. The van der Waals surface area contributed by atoms with E-state index in [4.69, 9.17) is 11.6 Å². The maximum Gasteiger partial charge on any atom is 0.137 e. The van der Waals surface area contributed by atoms with Gasteiger partial charge in [0.1, 0.15) is 16.8 Å². The molecule has 2 heterocycles. The second-order valence-electron chi connectivity index (χ2n) is 4.79. The third-order valence-corrected chi connectivity index (χ3v) is 3.52. The second kappa shape index (κ2) is 6.18. The first-order chi connectivity index (χ1) is 9.51. The number of aryl methyl sites for hydroxylation is 2. The molecule has 0 aliphatic heterocycles. The van der Waals surface area contributed by atoms with Gasteiger partial charge in [-0.3, -0.25) is 4.98 Å². The molecule has 2 aromatic rings. The number of anilines is 1. The molecule has 0 unspecified atom stereocenters. The molecule has 2 rings (SSSR count). The first-order valence-corrected chi connectivity index (χ1v) is 7.07. The molecule has 0 aromatic carbocycles. The highest BCUT2D eigenvalue weighted by Gasteiger charge is 2.14. The summed E-state index contributed by atoms with van der Waals surface area (Å²) in [6, 6.07) is 6.05. The summed E-state index contributed by atoms with van der Waals surface area (Å²) in [4.78, 5) is 15.4. The summed E-state index contributed by atoms with van der Waals surface area (Å²) in [6.45, 7) is 9.45. The highest BCUT2D eigenvalue weighted by atomic mass is 35.5. The third-order valence-electron chi connectivity index (χ3n) is 3.15. The first kappa shape index (κ1) is 14.7. The van der Waals surface area contributed by atoms with Crippen LogP contribution in [0.2, 0.25) is 5.15 Å². The average Bonchev–Trinajstić information content (AvgIpc) is 2.40. The van der Waals surface area contributed by atoms with Crippen molar-refractivity contribution in [1.29, 1.82) is 0 Å². The second-order valence-corrected chi connectivity index (χ2v) is 5.15. The Bertz CT molecular complexity index is 613. The molecule has 0 bridgehead atoms. The van der Waals surface area contributed by atoms with Gasteiger partial charge in [0, 0.05) is 17.8 Å². The molecule has 0 N–H and O–H groups in total. The van der Waals surface area contributed by atoms with E-state index in [1.807, 2.05) is 39.0 Å². The van der Waals surface area contributed by atoms with Gasteiger partial charge in [-0.1, -0.05) is 17.7 Å². The third kappa shape index (κ3) is 3.25. The Morgan fingerprint density at radius 3 is 2.50 bits per heavy atom. The van der Waals surface area contributed by atoms with E-state index in [2.05, 4.69) is 26.8 Å². The van der Waals surface area contributed by atoms with Gasteiger partial charge in [-0.2, -0.15) is 0 Å². The number of pyridine rings is 1. The Balaban J connectivity index is 2.33. The van der Waals surface area contributed by atoms with Crippen LogP contribution in [0, 0.1) is 20.8 Å². The molecule has 106 valence electrons. The van der Waals surface area contributed by atoms with E-state index in [1.54, 1.807) is 0 Å². The fourth-order valence-electron chi connectivity index (χ4n) is 2.11. The molecule has 0 fully saturated rings. The van der Waals surface area contributed by atoms with Crippen LogP contribution in [0.3, 0.4) is 0 Å². The van der Waals surface area contributed by atoms with E-state index in [-0.39, 0.29) is 0 Å². The summed E-state index contributed by atoms with van der Waals surface area (Å²) in [5, 5.41) is 0.517. The van der Waals surface area contributed by atoms with Crippen molar-refractivity contribution in [2.45, 2.75) is 34.2 Å². The van der Waals surface area contributed by atoms with Crippen molar-refractivity contribution in [2.24, 2.45) is 0 Å². The predicted molar refractivity (Wildman–Crippen MR) is 82.2 cm³/mol. The standard InChI is InChI=1S/C15H19ClN4/c1-5-20(9-13-8-6-7-10(2)17-13)15-11(3)14(16)18-12(4)19-15/h6-8H,5,9H2,1-4H3. The summed E-state index contributed by atoms with van der Waals surface area (Å²) < 4.78 is 0. The SMILES string of the molecule is CCN(Cc1cccc(C)n1)c1nc(C)nc(Cl)c1C. The van der Waals surface area contributed by atoms with Gasteiger partial charge < -0.3 is 4.90 Å². The predicted octanol–water partition coefficient (Wildman–Crippen LogP) is 3.48. The number of rotatable bonds is 4. The van der Waals surface area contributed by atoms with Crippen molar-refractivity contribution in [3.05, 3.63) is 46.1 Å². The van der Waals surface area contributed by atoms with Crippen LogP contribution in [-0.2, 0) is 6.54 Å². The van der Waals surface area contributed by atoms with E-state index in [0.29, 0.717) is 17.5 Å². The van der Waals surface area contributed by atoms with Gasteiger partial charge in [0.15, 0.2) is 0 Å². The zero-order valence-electron chi connectivity index (χ0n) is 12.3. The number of hydrogen-bond donors (Lipinski definition) is 0. The number of aromatic nitrogens is 3. The van der Waals surface area contributed by atoms with Gasteiger partial charge in [0.25, 0.3) is 0 Å². The zero-order valence-corrected chi connectivity index (χ0v) is 13.1. The van der Waals surface area contributed by atoms with Crippen LogP contribution in [0.5, 0.6) is 0 Å². The summed E-state index contributed by atoms with van der Waals surface area (Å²) in [5.74, 6) is 1.57. The van der Waals surface area contributed by atoms with Crippen molar-refractivity contribution in [3.8, 4) is 0 Å². The van der Waals surface area contributed by atoms with E-state index in [9.17, 15) is 0 Å². The normalized spacial score (nSPS) is 10.7. The van der Waals surface area contributed by atoms with Crippen molar-refractivity contribution in [3.63, 3.8) is 0 Å². The smallest absolute Gasteiger partial charge is 0.137 e. The minimum Gasteiger partial charge on any atom is -0.351 e. The van der Waals surface area contributed by atoms with Gasteiger partial charge >= 0.3 is 0 Å². The molecule has 20 heavy (non-hydrogen) atoms. The largest absolute Gasteiger partial charge is 0.351 e. The molecule has 2 aromatic heterocycles. The van der Waals surface area contributed by atoms with Gasteiger partial charge in [0.2, 0.25) is 0 Å². The Morgan fingerprint density at radius 1 is 1.10 bits per heavy atom. The van der Waals surface area contributed by atoms with Gasteiger partial charge in [0.05, 0.1) is 12.2 Å². The summed E-state index contributed by atoms with van der Waals surface area (Å²) in [7, 11) is 0. The fourth-order valence-corrected chi connectivity index (χ4v) is 2.31. The molecule has 4 nitrogen and oxygen atoms in total. The minimum atomic E-state index is 0.517. The topological polar surface area (TPSA) is 41.9 Å². The van der Waals surface area contributed by atoms with Gasteiger partial charge in [-0.15, -0.1) is 0 Å². The Hall–Kier alpha value is -1.68. The van der Waals surface area contributed by atoms with Crippen molar-refractivity contribution in [2.75, 3.05) is 11.4 Å². The van der Waals surface area contributed by atoms with E-state index in [1.165, 1.54) is 0 Å². The van der Waals surface area contributed by atoms with E-state index >= 15 is 0 Å². The molecule has 0 aliphatic carbocycles. The van der Waals surface area contributed by atoms with Crippen LogP contribution < -0.4 is 4.90 Å². The molecule has 0 radical (unpaired) electrons. The molecule has 0 saturated carbocycles. The first-order valence-electron chi connectivity index (χ1n) is 6.69. The molecule has 0 aliphatic rings. The highest BCUT2D eigenvalue weighted by molar-refractivity contribution is 6.30. The molecular weight excluding hydrogens is 272 g/mol. The van der Waals surface area contributed by atoms with Crippen LogP contribution >= 0.6 is 11.6 Å².